The summed E-state index contributed by atoms with van der Waals surface area (Å²) in [6, 6.07) is 0. The number of nitrogens with zero attached hydrogens (tertiary/aromatic N) is 9. The van der Waals surface area contributed by atoms with Crippen LogP contribution >= 0.6 is 31.3 Å². The first kappa shape index (κ1) is 55.4. The summed E-state index contributed by atoms with van der Waals surface area (Å²) < 4.78 is 106. The highest BCUT2D eigenvalue weighted by Crippen LogP contribution is 2.63. The number of aryl methyl sites for hydroxylation is 1. The minimum atomic E-state index is -6.62. The topological polar surface area (TPSA) is 594 Å². The van der Waals surface area contributed by atoms with Crippen LogP contribution in [0, 0.1) is 0 Å². The van der Waals surface area contributed by atoms with E-state index in [1.165, 1.54) is 17.9 Å². The van der Waals surface area contributed by atoms with Crippen molar-refractivity contribution in [2.45, 2.75) is 73.6 Å². The summed E-state index contributed by atoms with van der Waals surface area (Å²) in [6.45, 7) is -3.84. The summed E-state index contributed by atoms with van der Waals surface area (Å²) in [5.74, 6) is -1.12. The van der Waals surface area contributed by atoms with Crippen LogP contribution < -0.4 is 58.0 Å². The van der Waals surface area contributed by atoms with Crippen LogP contribution in [-0.2, 0) is 71.0 Å². The van der Waals surface area contributed by atoms with Crippen molar-refractivity contribution in [3.05, 3.63) is 50.0 Å². The molecule has 44 heteroatoms. The summed E-state index contributed by atoms with van der Waals surface area (Å²) in [4.78, 5) is 116. The molecule has 3 aliphatic rings. The highest BCUT2D eigenvalue weighted by molar-refractivity contribution is 7.65. The minimum Gasteiger partial charge on any atom is -0.756 e. The molecule has 0 spiro atoms. The van der Waals surface area contributed by atoms with Gasteiger partial charge in [0.2, 0.25) is 23.6 Å². The second-order valence-electron chi connectivity index (χ2n) is 16.6. The van der Waals surface area contributed by atoms with Crippen LogP contribution in [0.15, 0.2) is 33.4 Å². The number of aromatic nitrogens is 12. The van der Waals surface area contributed by atoms with Gasteiger partial charge in [0.15, 0.2) is 41.1 Å². The standard InChI is InChI=1S/C32H43N15O25P4/c1-44-8-47(23-14(44)26(54)43-32(35)40-23)28-18(51)16(49)10(68-28)4-65-74(57,58)71-76(61,62)72-75(59,60)66-5-11-19(20(63-2)29(69-11)46-7-37-13-22(46)39-31(34)42-25(13)53)70-73(55,56)64-3-9-15(48)17(50)27(67-9)45-6-36-12-21(45)38-30(33)41-24(12)52/h6-11,15-20,27-29,48-51H,3-5H2,1-2H3,(H12-,33,34,35,38,39,40,41,42,43,52,53,54,55,56,57,58,59,60,61,62)/p-3. The van der Waals surface area contributed by atoms with E-state index in [0.29, 0.717) is 0 Å². The summed E-state index contributed by atoms with van der Waals surface area (Å²) in [6.07, 6.45) is -18.4. The second kappa shape index (κ2) is 20.5. The zero-order chi connectivity index (χ0) is 55.1. The van der Waals surface area contributed by atoms with E-state index in [0.717, 1.165) is 33.5 Å². The number of nitrogens with one attached hydrogen (secondary N) is 3. The number of imidazole rings is 3. The number of nitrogen functional groups attached to an aromatic ring is 3. The highest BCUT2D eigenvalue weighted by Gasteiger charge is 2.51. The van der Waals surface area contributed by atoms with E-state index >= 15 is 0 Å². The van der Waals surface area contributed by atoms with Gasteiger partial charge in [0.1, 0.15) is 54.9 Å². The lowest BCUT2D eigenvalue weighted by molar-refractivity contribution is -0.745. The fourth-order valence-corrected chi connectivity index (χ4v) is 12.7. The van der Waals surface area contributed by atoms with E-state index in [1.54, 1.807) is 0 Å². The zero-order valence-electron chi connectivity index (χ0n) is 38.2. The van der Waals surface area contributed by atoms with Crippen LogP contribution in [0.4, 0.5) is 17.8 Å². The number of aliphatic hydroxyl groups excluding tert-OH is 4. The molecule has 0 saturated carbocycles. The number of hydrogen-bond donors (Lipinski definition) is 10. The van der Waals surface area contributed by atoms with Gasteiger partial charge in [-0.3, -0.25) is 61.3 Å². The monoisotopic (exact) mass is 1160 g/mol. The predicted octanol–water partition coefficient (Wildman–Crippen LogP) is -7.95. The number of rotatable bonds is 19. The molecule has 3 saturated heterocycles. The zero-order valence-corrected chi connectivity index (χ0v) is 41.8. The molecule has 6 aromatic heterocycles. The van der Waals surface area contributed by atoms with E-state index in [1.807, 2.05) is 0 Å². The first-order valence-corrected chi connectivity index (χ1v) is 27.1. The third-order valence-corrected chi connectivity index (χ3v) is 16.7. The van der Waals surface area contributed by atoms with Crippen LogP contribution in [0.1, 0.15) is 18.7 Å². The molecule has 16 unspecified atom stereocenters. The predicted molar refractivity (Wildman–Crippen MR) is 233 cm³/mol. The summed E-state index contributed by atoms with van der Waals surface area (Å²) >= 11 is 0. The second-order valence-corrected chi connectivity index (χ2v) is 22.4. The van der Waals surface area contributed by atoms with Gasteiger partial charge in [0, 0.05) is 7.11 Å². The fourth-order valence-electron chi connectivity index (χ4n) is 8.33. The number of aromatic amines is 3. The Balaban J connectivity index is 0.871. The summed E-state index contributed by atoms with van der Waals surface area (Å²) in [5.41, 5.74) is 13.4. The van der Waals surface area contributed by atoms with E-state index in [-0.39, 0.29) is 45.4 Å². The van der Waals surface area contributed by atoms with Crippen molar-refractivity contribution in [1.82, 2.24) is 53.6 Å². The molecule has 416 valence electrons. The number of methoxy groups -OCH3 is 1. The van der Waals surface area contributed by atoms with E-state index < -0.39 is 147 Å². The minimum absolute atomic E-state index is 0.0571. The molecule has 9 rings (SSSR count). The number of nitrogens with two attached hydrogens (primary N) is 3. The molecule has 0 aliphatic carbocycles. The first-order chi connectivity index (χ1) is 35.6. The number of anilines is 3. The van der Waals surface area contributed by atoms with Crippen LogP contribution in [0.25, 0.3) is 33.5 Å². The third-order valence-electron chi connectivity index (χ3n) is 11.6. The van der Waals surface area contributed by atoms with Crippen molar-refractivity contribution < 1.29 is 108 Å². The SMILES string of the molecule is COC1C(OP(=O)([O-])OCC2OC(n3cnc4c(=O)[nH]c(N)nc43)C(O)C2O)C(COP(=O)([O-])OP(=O)([O-])OP(=O)([O-])OCC2OC([n+]3cn(C)c4c(=O)[nH]c(N)nc43)C(O)C2O)OC1n1cnc2c(=O)[nH]c(N)nc21. The number of phosphoric acid groups is 4. The number of fused-ring (bicyclic) bond motifs is 3. The van der Waals surface area contributed by atoms with Gasteiger partial charge in [-0.25, -0.2) is 23.2 Å². The Morgan fingerprint density at radius 3 is 1.68 bits per heavy atom. The quantitative estimate of drug-likeness (QED) is 0.0266. The molecular formula is C32H40N15O25P4-3. The van der Waals surface area contributed by atoms with Crippen LogP contribution in [0.5, 0.6) is 0 Å². The van der Waals surface area contributed by atoms with Crippen molar-refractivity contribution in [1.29, 1.82) is 0 Å². The normalized spacial score (nSPS) is 30.2. The molecule has 3 aliphatic heterocycles. The lowest BCUT2D eigenvalue weighted by Crippen LogP contribution is -2.46. The van der Waals surface area contributed by atoms with Gasteiger partial charge in [-0.15, -0.1) is 0 Å². The largest absolute Gasteiger partial charge is 0.756 e. The average molecular weight is 1160 g/mol. The number of ether oxygens (including phenoxy) is 4. The molecule has 0 bridgehead atoms. The molecule has 0 radical (unpaired) electrons. The van der Waals surface area contributed by atoms with Gasteiger partial charge in [-0.1, -0.05) is 4.98 Å². The van der Waals surface area contributed by atoms with Crippen LogP contribution in [-0.4, -0.2) is 156 Å². The van der Waals surface area contributed by atoms with Crippen molar-refractivity contribution in [3.8, 4) is 0 Å². The molecule has 3 fully saturated rings. The maximum atomic E-state index is 13.5. The Labute approximate surface area is 418 Å². The molecule has 0 aromatic carbocycles. The molecule has 40 nitrogen and oxygen atoms in total. The molecule has 16 atom stereocenters. The number of H-pyrrole nitrogens is 3. The van der Waals surface area contributed by atoms with Crippen LogP contribution in [0.3, 0.4) is 0 Å². The van der Waals surface area contributed by atoms with E-state index in [9.17, 15) is 72.6 Å². The van der Waals surface area contributed by atoms with Gasteiger partial charge >= 0.3 is 5.65 Å². The highest BCUT2D eigenvalue weighted by atomic mass is 31.3. The van der Waals surface area contributed by atoms with Crippen molar-refractivity contribution >= 4 is 82.6 Å². The smallest absolute Gasteiger partial charge is 0.313 e. The third kappa shape index (κ3) is 10.9. The Morgan fingerprint density at radius 2 is 1.12 bits per heavy atom. The molecule has 0 amide bonds. The molecule has 9 heterocycles. The van der Waals surface area contributed by atoms with E-state index in [2.05, 4.69) is 57.5 Å². The number of phosphoric ester groups is 3. The van der Waals surface area contributed by atoms with Crippen LogP contribution in [0.2, 0.25) is 0 Å². The average Bonchev–Trinajstić information content (AvgIpc) is 4.17. The lowest BCUT2D eigenvalue weighted by atomic mass is 10.1. The van der Waals surface area contributed by atoms with Gasteiger partial charge in [0.05, 0.1) is 39.5 Å². The summed E-state index contributed by atoms with van der Waals surface area (Å²) in [7, 11) is -22.6. The maximum Gasteiger partial charge on any atom is 0.313 e. The van der Waals surface area contributed by atoms with Gasteiger partial charge in [0.25, 0.3) is 53.9 Å². The van der Waals surface area contributed by atoms with E-state index in [4.69, 9.17) is 45.2 Å². The van der Waals surface area contributed by atoms with Gasteiger partial charge in [-0.05, 0) is 0 Å². The summed E-state index contributed by atoms with van der Waals surface area (Å²) in [5, 5.41) is 43.0. The molecule has 13 N–H and O–H groups in total. The lowest BCUT2D eigenvalue weighted by Gasteiger charge is -2.35. The Hall–Kier alpha value is -5.35. The van der Waals surface area contributed by atoms with Gasteiger partial charge in [-0.2, -0.15) is 9.97 Å². The number of hydrogen-bond acceptors (Lipinski definition) is 33. The maximum absolute atomic E-state index is 13.5. The van der Waals surface area contributed by atoms with Crippen molar-refractivity contribution in [3.63, 3.8) is 0 Å². The van der Waals surface area contributed by atoms with Crippen molar-refractivity contribution in [2.75, 3.05) is 44.1 Å². The Kier molecular flexibility index (Phi) is 14.9. The van der Waals surface area contributed by atoms with Gasteiger partial charge < -0.3 is 94.2 Å². The first-order valence-electron chi connectivity index (χ1n) is 21.3. The van der Waals surface area contributed by atoms with Crippen molar-refractivity contribution in [2.24, 2.45) is 7.05 Å². The molecular weight excluding hydrogens is 1120 g/mol. The number of aliphatic hydroxyl groups is 4. The molecule has 76 heavy (non-hydrogen) atoms. The Bertz CT molecular complexity index is 3590. The molecule has 6 aromatic rings. The fraction of sp³-hybridized carbons (Fsp3) is 0.531. The Morgan fingerprint density at radius 1 is 0.645 bits per heavy atom.